The topological polar surface area (TPSA) is 47.6 Å². The number of carbonyl (C=O) groups is 1. The van der Waals surface area contributed by atoms with E-state index in [0.717, 1.165) is 22.1 Å². The summed E-state index contributed by atoms with van der Waals surface area (Å²) < 4.78 is 10.4. The van der Waals surface area contributed by atoms with E-state index in [1.807, 2.05) is 37.3 Å². The maximum atomic E-state index is 12.2. The lowest BCUT2D eigenvalue weighted by atomic mass is 10.0. The summed E-state index contributed by atoms with van der Waals surface area (Å²) in [7, 11) is 3.19. The van der Waals surface area contributed by atoms with Crippen LogP contribution in [0.5, 0.6) is 5.75 Å². The van der Waals surface area contributed by atoms with E-state index in [2.05, 4.69) is 11.4 Å². The lowest BCUT2D eigenvalue weighted by Crippen LogP contribution is -2.44. The molecule has 0 aliphatic carbocycles. The Hall–Kier alpha value is -2.07. The van der Waals surface area contributed by atoms with Crippen molar-refractivity contribution in [3.05, 3.63) is 42.0 Å². The van der Waals surface area contributed by atoms with Crippen LogP contribution >= 0.6 is 0 Å². The molecular formula is C18H23NO3. The average molecular weight is 301 g/mol. The molecule has 4 heteroatoms. The molecule has 4 nitrogen and oxygen atoms in total. The molecule has 0 aromatic heterocycles. The normalized spacial score (nSPS) is 13.0. The summed E-state index contributed by atoms with van der Waals surface area (Å²) in [6, 6.07) is 12.0. The van der Waals surface area contributed by atoms with Gasteiger partial charge in [0.05, 0.1) is 13.2 Å². The van der Waals surface area contributed by atoms with Gasteiger partial charge < -0.3 is 14.8 Å². The van der Waals surface area contributed by atoms with E-state index in [1.54, 1.807) is 21.0 Å². The molecule has 2 aromatic rings. The Morgan fingerprint density at radius 2 is 1.73 bits per heavy atom. The standard InChI is InChI=1S/C18H23NO3/c1-12(19-17(20)18(2,3)22-5)13-6-7-15-11-16(21-4)9-8-14(15)10-13/h6-12H,1-5H3,(H,19,20)/t12-/m0/s1. The van der Waals surface area contributed by atoms with Crippen LogP contribution in [-0.4, -0.2) is 25.7 Å². The lowest BCUT2D eigenvalue weighted by Gasteiger charge is -2.24. The van der Waals surface area contributed by atoms with Crippen molar-refractivity contribution >= 4 is 16.7 Å². The summed E-state index contributed by atoms with van der Waals surface area (Å²) in [5.41, 5.74) is 0.219. The second kappa shape index (κ2) is 6.36. The zero-order chi connectivity index (χ0) is 16.3. The fourth-order valence-electron chi connectivity index (χ4n) is 2.19. The van der Waals surface area contributed by atoms with Gasteiger partial charge in [-0.05, 0) is 55.3 Å². The fraction of sp³-hybridized carbons (Fsp3) is 0.389. The zero-order valence-electron chi connectivity index (χ0n) is 13.8. The van der Waals surface area contributed by atoms with Crippen molar-refractivity contribution in [2.75, 3.05) is 14.2 Å². The summed E-state index contributed by atoms with van der Waals surface area (Å²) in [6.07, 6.45) is 0. The molecule has 1 amide bonds. The van der Waals surface area contributed by atoms with Crippen molar-refractivity contribution in [1.29, 1.82) is 0 Å². The molecule has 0 aliphatic heterocycles. The van der Waals surface area contributed by atoms with Crippen molar-refractivity contribution < 1.29 is 14.3 Å². The highest BCUT2D eigenvalue weighted by Gasteiger charge is 2.28. The van der Waals surface area contributed by atoms with Crippen LogP contribution in [0.3, 0.4) is 0 Å². The molecule has 0 heterocycles. The minimum atomic E-state index is -0.835. The van der Waals surface area contributed by atoms with Gasteiger partial charge in [0, 0.05) is 7.11 Å². The molecule has 0 saturated heterocycles. The quantitative estimate of drug-likeness (QED) is 0.920. The van der Waals surface area contributed by atoms with E-state index in [4.69, 9.17) is 9.47 Å². The van der Waals surface area contributed by atoms with Crippen molar-refractivity contribution in [1.82, 2.24) is 5.32 Å². The molecule has 118 valence electrons. The van der Waals surface area contributed by atoms with E-state index >= 15 is 0 Å². The van der Waals surface area contributed by atoms with Crippen LogP contribution < -0.4 is 10.1 Å². The molecule has 0 unspecified atom stereocenters. The smallest absolute Gasteiger partial charge is 0.252 e. The molecule has 1 N–H and O–H groups in total. The van der Waals surface area contributed by atoms with Gasteiger partial charge in [-0.25, -0.2) is 0 Å². The van der Waals surface area contributed by atoms with E-state index in [9.17, 15) is 4.79 Å². The largest absolute Gasteiger partial charge is 0.497 e. The Kier molecular flexibility index (Phi) is 4.71. The van der Waals surface area contributed by atoms with E-state index in [1.165, 1.54) is 7.11 Å². The number of ether oxygens (including phenoxy) is 2. The van der Waals surface area contributed by atoms with Crippen LogP contribution in [0.1, 0.15) is 32.4 Å². The van der Waals surface area contributed by atoms with Gasteiger partial charge in [0.25, 0.3) is 5.91 Å². The lowest BCUT2D eigenvalue weighted by molar-refractivity contribution is -0.140. The van der Waals surface area contributed by atoms with Gasteiger partial charge in [0.2, 0.25) is 0 Å². The average Bonchev–Trinajstić information content (AvgIpc) is 2.53. The number of fused-ring (bicyclic) bond motifs is 1. The van der Waals surface area contributed by atoms with E-state index < -0.39 is 5.60 Å². The van der Waals surface area contributed by atoms with Crippen LogP contribution in [0.2, 0.25) is 0 Å². The van der Waals surface area contributed by atoms with Gasteiger partial charge in [-0.1, -0.05) is 18.2 Å². The van der Waals surface area contributed by atoms with Crippen molar-refractivity contribution in [2.24, 2.45) is 0 Å². The summed E-state index contributed by atoms with van der Waals surface area (Å²) >= 11 is 0. The Morgan fingerprint density at radius 1 is 1.09 bits per heavy atom. The third-order valence-corrected chi connectivity index (χ3v) is 3.98. The molecule has 22 heavy (non-hydrogen) atoms. The number of nitrogens with one attached hydrogen (secondary N) is 1. The number of benzene rings is 2. The first-order valence-electron chi connectivity index (χ1n) is 7.31. The molecule has 2 aromatic carbocycles. The molecule has 0 aliphatic rings. The van der Waals surface area contributed by atoms with Gasteiger partial charge in [-0.3, -0.25) is 4.79 Å². The van der Waals surface area contributed by atoms with Gasteiger partial charge in [0.1, 0.15) is 11.4 Å². The first kappa shape index (κ1) is 16.3. The molecule has 2 rings (SSSR count). The van der Waals surface area contributed by atoms with Crippen LogP contribution in [-0.2, 0) is 9.53 Å². The molecule has 1 atom stereocenters. The Labute approximate surface area is 131 Å². The highest BCUT2D eigenvalue weighted by Crippen LogP contribution is 2.24. The number of hydrogen-bond acceptors (Lipinski definition) is 3. The molecular weight excluding hydrogens is 278 g/mol. The number of hydrogen-bond donors (Lipinski definition) is 1. The number of carbonyl (C=O) groups excluding carboxylic acids is 1. The summed E-state index contributed by atoms with van der Waals surface area (Å²) in [5, 5.41) is 5.21. The predicted octanol–water partition coefficient (Wildman–Crippen LogP) is 3.45. The fourth-order valence-corrected chi connectivity index (χ4v) is 2.19. The van der Waals surface area contributed by atoms with Crippen molar-refractivity contribution in [3.63, 3.8) is 0 Å². The second-order valence-electron chi connectivity index (χ2n) is 5.88. The van der Waals surface area contributed by atoms with Gasteiger partial charge in [-0.2, -0.15) is 0 Å². The molecule has 0 spiro atoms. The number of methoxy groups -OCH3 is 2. The Bertz CT molecular complexity index is 679. The highest BCUT2D eigenvalue weighted by atomic mass is 16.5. The summed E-state index contributed by atoms with van der Waals surface area (Å²) in [4.78, 5) is 12.2. The van der Waals surface area contributed by atoms with Gasteiger partial charge >= 0.3 is 0 Å². The number of rotatable bonds is 5. The third kappa shape index (κ3) is 3.39. The van der Waals surface area contributed by atoms with E-state index in [0.29, 0.717) is 0 Å². The van der Waals surface area contributed by atoms with Gasteiger partial charge in [-0.15, -0.1) is 0 Å². The summed E-state index contributed by atoms with van der Waals surface area (Å²) in [5.74, 6) is 0.709. The van der Waals surface area contributed by atoms with Crippen LogP contribution in [0.4, 0.5) is 0 Å². The SMILES string of the molecule is COc1ccc2cc([C@H](C)NC(=O)C(C)(C)OC)ccc2c1. The maximum absolute atomic E-state index is 12.2. The molecule has 0 fully saturated rings. The van der Waals surface area contributed by atoms with Crippen LogP contribution in [0.15, 0.2) is 36.4 Å². The summed E-state index contributed by atoms with van der Waals surface area (Å²) in [6.45, 7) is 5.47. The monoisotopic (exact) mass is 301 g/mol. The van der Waals surface area contributed by atoms with Crippen molar-refractivity contribution in [2.45, 2.75) is 32.4 Å². The zero-order valence-corrected chi connectivity index (χ0v) is 13.8. The number of amides is 1. The van der Waals surface area contributed by atoms with Crippen molar-refractivity contribution in [3.8, 4) is 5.75 Å². The maximum Gasteiger partial charge on any atom is 0.252 e. The first-order valence-corrected chi connectivity index (χ1v) is 7.31. The third-order valence-electron chi connectivity index (χ3n) is 3.98. The Morgan fingerprint density at radius 3 is 2.36 bits per heavy atom. The minimum absolute atomic E-state index is 0.0894. The molecule has 0 radical (unpaired) electrons. The molecule has 0 saturated carbocycles. The molecule has 0 bridgehead atoms. The minimum Gasteiger partial charge on any atom is -0.497 e. The van der Waals surface area contributed by atoms with Crippen LogP contribution in [0.25, 0.3) is 10.8 Å². The van der Waals surface area contributed by atoms with Gasteiger partial charge in [0.15, 0.2) is 0 Å². The predicted molar refractivity (Wildman–Crippen MR) is 88.1 cm³/mol. The second-order valence-corrected chi connectivity index (χ2v) is 5.88. The first-order chi connectivity index (χ1) is 10.4. The van der Waals surface area contributed by atoms with E-state index in [-0.39, 0.29) is 11.9 Å². The highest BCUT2D eigenvalue weighted by molar-refractivity contribution is 5.86. The van der Waals surface area contributed by atoms with Crippen LogP contribution in [0, 0.1) is 0 Å². The Balaban J connectivity index is 2.22.